The molecule has 1 aliphatic carbocycles. The zero-order chi connectivity index (χ0) is 15.9. The Balaban J connectivity index is 0.000000423. The van der Waals surface area contributed by atoms with Crippen LogP contribution in [0, 0.1) is 0 Å². The first-order valence-electron chi connectivity index (χ1n) is 8.38. The Morgan fingerprint density at radius 1 is 1.05 bits per heavy atom. The fraction of sp³-hybridized carbons (Fsp3) is 0.882. The molecule has 1 rings (SSSR count). The summed E-state index contributed by atoms with van der Waals surface area (Å²) < 4.78 is 4.97. The van der Waals surface area contributed by atoms with Crippen molar-refractivity contribution < 1.29 is 19.4 Å². The number of aliphatic hydroxyl groups is 1. The van der Waals surface area contributed by atoms with Crippen LogP contribution in [-0.2, 0) is 14.3 Å². The first-order valence-corrected chi connectivity index (χ1v) is 8.38. The largest absolute Gasteiger partial charge is 0.463 e. The number of hydrogen-bond acceptors (Lipinski definition) is 4. The lowest BCUT2D eigenvalue weighted by Gasteiger charge is -2.07. The third-order valence-corrected chi connectivity index (χ3v) is 3.32. The third-order valence-electron chi connectivity index (χ3n) is 3.32. The zero-order valence-corrected chi connectivity index (χ0v) is 13.7. The van der Waals surface area contributed by atoms with E-state index >= 15 is 0 Å². The molecule has 0 heterocycles. The average molecular weight is 300 g/mol. The molecule has 4 nitrogen and oxygen atoms in total. The second-order valence-corrected chi connectivity index (χ2v) is 5.88. The summed E-state index contributed by atoms with van der Waals surface area (Å²) in [6.45, 7) is 3.95. The number of carbonyl (C=O) groups excluding carboxylic acids is 2. The molecule has 0 saturated heterocycles. The first-order chi connectivity index (χ1) is 10.1. The van der Waals surface area contributed by atoms with Gasteiger partial charge in [0.25, 0.3) is 0 Å². The summed E-state index contributed by atoms with van der Waals surface area (Å²) in [4.78, 5) is 21.7. The quantitative estimate of drug-likeness (QED) is 0.441. The Hall–Kier alpha value is -0.900. The van der Waals surface area contributed by atoms with Crippen molar-refractivity contribution in [1.82, 2.24) is 0 Å². The second-order valence-electron chi connectivity index (χ2n) is 5.88. The molecule has 0 aromatic rings. The van der Waals surface area contributed by atoms with E-state index in [4.69, 9.17) is 9.84 Å². The van der Waals surface area contributed by atoms with Gasteiger partial charge in [-0.25, -0.2) is 0 Å². The molecule has 0 bridgehead atoms. The maximum absolute atomic E-state index is 11.0. The molecule has 1 fully saturated rings. The van der Waals surface area contributed by atoms with Crippen molar-refractivity contribution in [2.24, 2.45) is 0 Å². The van der Waals surface area contributed by atoms with Gasteiger partial charge in [-0.2, -0.15) is 0 Å². The normalized spacial score (nSPS) is 15.1. The van der Waals surface area contributed by atoms with Gasteiger partial charge >= 0.3 is 5.97 Å². The molecule has 1 N–H and O–H groups in total. The van der Waals surface area contributed by atoms with E-state index in [1.54, 1.807) is 0 Å². The number of aliphatic hydroxyl groups excluding tert-OH is 1. The molecule has 0 amide bonds. The highest BCUT2D eigenvalue weighted by Gasteiger charge is 2.05. The molecule has 21 heavy (non-hydrogen) atoms. The molecule has 124 valence electrons. The molecular formula is C17H32O4. The highest BCUT2D eigenvalue weighted by molar-refractivity contribution is 5.78. The van der Waals surface area contributed by atoms with Crippen LogP contribution in [0.4, 0.5) is 0 Å². The maximum atomic E-state index is 11.0. The number of ether oxygens (including phenoxy) is 1. The van der Waals surface area contributed by atoms with E-state index in [9.17, 15) is 9.59 Å². The summed E-state index contributed by atoms with van der Waals surface area (Å²) >= 11 is 0. The maximum Gasteiger partial charge on any atom is 0.306 e. The Morgan fingerprint density at radius 3 is 2.14 bits per heavy atom. The minimum absolute atomic E-state index is 0.00931. The lowest BCUT2D eigenvalue weighted by molar-refractivity contribution is -0.147. The Kier molecular flexibility index (Phi) is 13.5. The van der Waals surface area contributed by atoms with E-state index in [1.807, 2.05) is 13.8 Å². The summed E-state index contributed by atoms with van der Waals surface area (Å²) in [6.07, 6.45) is 10.7. The molecule has 1 aliphatic rings. The van der Waals surface area contributed by atoms with Crippen molar-refractivity contribution in [3.05, 3.63) is 0 Å². The number of esters is 1. The van der Waals surface area contributed by atoms with E-state index in [-0.39, 0.29) is 18.7 Å². The molecule has 1 saturated carbocycles. The predicted molar refractivity (Wildman–Crippen MR) is 84.1 cm³/mol. The van der Waals surface area contributed by atoms with E-state index in [1.165, 1.54) is 12.8 Å². The van der Waals surface area contributed by atoms with Crippen LogP contribution in [0.3, 0.4) is 0 Å². The van der Waals surface area contributed by atoms with Crippen LogP contribution in [0.1, 0.15) is 84.5 Å². The number of rotatable bonds is 7. The Morgan fingerprint density at radius 2 is 1.62 bits per heavy atom. The van der Waals surface area contributed by atoms with Crippen LogP contribution in [0.15, 0.2) is 0 Å². The Labute approximate surface area is 129 Å². The highest BCUT2D eigenvalue weighted by Crippen LogP contribution is 2.12. The number of carbonyl (C=O) groups is 2. The summed E-state index contributed by atoms with van der Waals surface area (Å²) in [5.41, 5.74) is 0. The van der Waals surface area contributed by atoms with Crippen molar-refractivity contribution in [2.45, 2.75) is 90.6 Å². The number of ketones is 1. The van der Waals surface area contributed by atoms with Crippen molar-refractivity contribution in [2.75, 3.05) is 6.61 Å². The molecule has 0 aromatic carbocycles. The lowest BCUT2D eigenvalue weighted by atomic mass is 10.1. The van der Waals surface area contributed by atoms with Gasteiger partial charge in [0.05, 0.1) is 6.10 Å². The second kappa shape index (κ2) is 14.1. The van der Waals surface area contributed by atoms with Crippen LogP contribution >= 0.6 is 0 Å². The van der Waals surface area contributed by atoms with Gasteiger partial charge in [-0.05, 0) is 39.5 Å². The van der Waals surface area contributed by atoms with Gasteiger partial charge in [0.15, 0.2) is 0 Å². The average Bonchev–Trinajstić information content (AvgIpc) is 2.66. The van der Waals surface area contributed by atoms with Crippen molar-refractivity contribution in [3.63, 3.8) is 0 Å². The lowest BCUT2D eigenvalue weighted by Crippen LogP contribution is -2.10. The molecule has 4 heteroatoms. The van der Waals surface area contributed by atoms with Gasteiger partial charge in [-0.1, -0.05) is 25.7 Å². The Bertz CT molecular complexity index is 264. The molecular weight excluding hydrogens is 268 g/mol. The number of Topliss-reactive ketones (excluding diaryl/α,β-unsaturated/α-hetero) is 1. The fourth-order valence-electron chi connectivity index (χ4n) is 2.18. The van der Waals surface area contributed by atoms with Gasteiger partial charge in [0.1, 0.15) is 5.78 Å². The van der Waals surface area contributed by atoms with E-state index in [0.717, 1.165) is 51.4 Å². The van der Waals surface area contributed by atoms with Crippen molar-refractivity contribution in [1.29, 1.82) is 0 Å². The van der Waals surface area contributed by atoms with Gasteiger partial charge in [-0.3, -0.25) is 9.59 Å². The van der Waals surface area contributed by atoms with E-state index < -0.39 is 0 Å². The van der Waals surface area contributed by atoms with Gasteiger partial charge < -0.3 is 9.84 Å². The molecule has 0 aliphatic heterocycles. The van der Waals surface area contributed by atoms with Crippen LogP contribution in [0.25, 0.3) is 0 Å². The standard InChI is InChI=1S/C10H20O3.C7H12O/c1-9(2)13-10(12)7-5-3-4-6-8-11;8-7-5-3-1-2-4-6-7/h9,11H,3-8H2,1-2H3;1-6H2. The van der Waals surface area contributed by atoms with Gasteiger partial charge in [0, 0.05) is 25.9 Å². The van der Waals surface area contributed by atoms with Crippen LogP contribution in [0.2, 0.25) is 0 Å². The monoisotopic (exact) mass is 300 g/mol. The van der Waals surface area contributed by atoms with E-state index in [0.29, 0.717) is 12.2 Å². The van der Waals surface area contributed by atoms with Crippen LogP contribution in [0.5, 0.6) is 0 Å². The summed E-state index contributed by atoms with van der Waals surface area (Å²) in [6, 6.07) is 0. The zero-order valence-electron chi connectivity index (χ0n) is 13.7. The third kappa shape index (κ3) is 15.3. The number of unbranched alkanes of at least 4 members (excludes halogenated alkanes) is 3. The van der Waals surface area contributed by atoms with E-state index in [2.05, 4.69) is 0 Å². The topological polar surface area (TPSA) is 63.6 Å². The fourth-order valence-corrected chi connectivity index (χ4v) is 2.18. The summed E-state index contributed by atoms with van der Waals surface area (Å²) in [5, 5.41) is 8.50. The van der Waals surface area contributed by atoms with Crippen molar-refractivity contribution in [3.8, 4) is 0 Å². The smallest absolute Gasteiger partial charge is 0.306 e. The predicted octanol–water partition coefficient (Wildman–Crippen LogP) is 3.79. The molecule has 0 unspecified atom stereocenters. The summed E-state index contributed by atoms with van der Waals surface area (Å²) in [7, 11) is 0. The van der Waals surface area contributed by atoms with Crippen LogP contribution in [-0.4, -0.2) is 29.6 Å². The molecule has 0 radical (unpaired) electrons. The highest BCUT2D eigenvalue weighted by atomic mass is 16.5. The molecule has 0 atom stereocenters. The van der Waals surface area contributed by atoms with Crippen molar-refractivity contribution >= 4 is 11.8 Å². The minimum atomic E-state index is -0.112. The number of hydrogen-bond donors (Lipinski definition) is 1. The summed E-state index contributed by atoms with van der Waals surface area (Å²) in [5.74, 6) is 0.362. The molecule has 0 spiro atoms. The van der Waals surface area contributed by atoms with Crippen LogP contribution < -0.4 is 0 Å². The SMILES string of the molecule is CC(C)OC(=O)CCCCCCO.O=C1CCCCCC1. The van der Waals surface area contributed by atoms with Gasteiger partial charge in [0.2, 0.25) is 0 Å². The minimum Gasteiger partial charge on any atom is -0.463 e. The first kappa shape index (κ1) is 20.1. The van der Waals surface area contributed by atoms with Gasteiger partial charge in [-0.15, -0.1) is 0 Å². The molecule has 0 aromatic heterocycles.